The molecule has 1 heterocycles. The molecule has 3 rings (SSSR count). The van der Waals surface area contributed by atoms with Gasteiger partial charge in [0.1, 0.15) is 5.82 Å². The van der Waals surface area contributed by atoms with Gasteiger partial charge in [-0.1, -0.05) is 23.2 Å². The molecule has 1 aromatic carbocycles. The predicted octanol–water partition coefficient (Wildman–Crippen LogP) is 3.75. The minimum Gasteiger partial charge on any atom is -0.353 e. The number of halogens is 3. The van der Waals surface area contributed by atoms with Crippen LogP contribution in [0, 0.1) is 0 Å². The monoisotopic (exact) mass is 345 g/mol. The zero-order valence-electron chi connectivity index (χ0n) is 11.2. The lowest BCUT2D eigenvalue weighted by atomic mass is 10.3. The molecule has 7 heteroatoms. The van der Waals surface area contributed by atoms with Gasteiger partial charge >= 0.3 is 0 Å². The number of carbonyl (C=O) groups is 1. The number of nitrogens with one attached hydrogen (secondary N) is 1. The second-order valence-electron chi connectivity index (χ2n) is 5.16. The molecule has 0 unspecified atom stereocenters. The van der Waals surface area contributed by atoms with E-state index in [1.807, 2.05) is 4.57 Å². The first kappa shape index (κ1) is 14.9. The Bertz CT molecular complexity index is 694. The normalized spacial score (nSPS) is 14.6. The molecule has 1 N–H and O–H groups in total. The molecule has 0 atom stereocenters. The maximum Gasteiger partial charge on any atom is 0.222 e. The number of nitrogens with zero attached hydrogens (tertiary/aromatic N) is 2. The zero-order valence-corrected chi connectivity index (χ0v) is 13.5. The van der Waals surface area contributed by atoms with Crippen LogP contribution >= 0.6 is 34.8 Å². The summed E-state index contributed by atoms with van der Waals surface area (Å²) in [7, 11) is 0. The molecule has 0 bridgehead atoms. The van der Waals surface area contributed by atoms with Crippen LogP contribution in [0.2, 0.25) is 10.0 Å². The topological polar surface area (TPSA) is 46.9 Å². The number of rotatable bonds is 5. The zero-order chi connectivity index (χ0) is 15.0. The Balaban J connectivity index is 1.84. The molecule has 1 aliphatic rings. The summed E-state index contributed by atoms with van der Waals surface area (Å²) in [6, 6.07) is 3.86. The van der Waals surface area contributed by atoms with E-state index in [2.05, 4.69) is 10.3 Å². The van der Waals surface area contributed by atoms with Gasteiger partial charge in [-0.3, -0.25) is 4.79 Å². The number of carbonyl (C=O) groups excluding carboxylic acids is 1. The molecular weight excluding hydrogens is 333 g/mol. The molecule has 0 saturated heterocycles. The molecule has 112 valence electrons. The highest BCUT2D eigenvalue weighted by Crippen LogP contribution is 2.29. The van der Waals surface area contributed by atoms with E-state index in [0.29, 0.717) is 34.9 Å². The van der Waals surface area contributed by atoms with Gasteiger partial charge < -0.3 is 9.88 Å². The quantitative estimate of drug-likeness (QED) is 0.838. The number of imidazole rings is 1. The highest BCUT2D eigenvalue weighted by atomic mass is 35.5. The van der Waals surface area contributed by atoms with Crippen LogP contribution in [0.4, 0.5) is 0 Å². The summed E-state index contributed by atoms with van der Waals surface area (Å²) in [5.41, 5.74) is 1.59. The third kappa shape index (κ3) is 3.28. The van der Waals surface area contributed by atoms with E-state index in [-0.39, 0.29) is 11.8 Å². The fourth-order valence-electron chi connectivity index (χ4n) is 2.26. The van der Waals surface area contributed by atoms with E-state index >= 15 is 0 Å². The number of fused-ring (bicyclic) bond motifs is 1. The Kier molecular flexibility index (Phi) is 4.29. The van der Waals surface area contributed by atoms with Gasteiger partial charge in [-0.15, -0.1) is 11.6 Å². The molecule has 0 spiro atoms. The largest absolute Gasteiger partial charge is 0.353 e. The first-order valence-electron chi connectivity index (χ1n) is 6.78. The molecule has 21 heavy (non-hydrogen) atoms. The SMILES string of the molecule is O=C(CCn1c(CCl)nc2cc(Cl)c(Cl)cc21)NC1CC1. The lowest BCUT2D eigenvalue weighted by Gasteiger charge is -2.08. The Labute approximate surface area is 137 Å². The van der Waals surface area contributed by atoms with Crippen LogP contribution in [0.3, 0.4) is 0 Å². The number of hydrogen-bond donors (Lipinski definition) is 1. The van der Waals surface area contributed by atoms with Gasteiger partial charge in [0.15, 0.2) is 0 Å². The van der Waals surface area contributed by atoms with Crippen molar-refractivity contribution in [1.82, 2.24) is 14.9 Å². The molecule has 4 nitrogen and oxygen atoms in total. The Morgan fingerprint density at radius 2 is 2.05 bits per heavy atom. The van der Waals surface area contributed by atoms with Crippen LogP contribution in [-0.2, 0) is 17.2 Å². The lowest BCUT2D eigenvalue weighted by Crippen LogP contribution is -2.26. The van der Waals surface area contributed by atoms with Gasteiger partial charge in [0.25, 0.3) is 0 Å². The Hall–Kier alpha value is -0.970. The molecule has 1 aromatic heterocycles. The minimum absolute atomic E-state index is 0.0555. The molecule has 0 radical (unpaired) electrons. The van der Waals surface area contributed by atoms with Gasteiger partial charge in [0, 0.05) is 19.0 Å². The van der Waals surface area contributed by atoms with E-state index in [1.54, 1.807) is 12.1 Å². The third-order valence-corrected chi connectivity index (χ3v) is 4.46. The van der Waals surface area contributed by atoms with Crippen molar-refractivity contribution in [3.8, 4) is 0 Å². The maximum absolute atomic E-state index is 11.8. The number of benzene rings is 1. The van der Waals surface area contributed by atoms with Crippen molar-refractivity contribution in [1.29, 1.82) is 0 Å². The van der Waals surface area contributed by atoms with Crippen molar-refractivity contribution in [3.05, 3.63) is 28.0 Å². The second-order valence-corrected chi connectivity index (χ2v) is 6.24. The highest BCUT2D eigenvalue weighted by molar-refractivity contribution is 6.42. The second kappa shape index (κ2) is 6.03. The van der Waals surface area contributed by atoms with Crippen molar-refractivity contribution < 1.29 is 4.79 Å². The summed E-state index contributed by atoms with van der Waals surface area (Å²) in [6.07, 6.45) is 2.56. The maximum atomic E-state index is 11.8. The predicted molar refractivity (Wildman–Crippen MR) is 85.1 cm³/mol. The van der Waals surface area contributed by atoms with Gasteiger partial charge in [-0.2, -0.15) is 0 Å². The standard InChI is InChI=1S/C14H14Cl3N3O/c15-7-13-19-11-5-9(16)10(17)6-12(11)20(13)4-3-14(21)18-8-1-2-8/h5-6,8H,1-4,7H2,(H,18,21). The van der Waals surface area contributed by atoms with E-state index in [1.165, 1.54) is 0 Å². The number of alkyl halides is 1. The lowest BCUT2D eigenvalue weighted by molar-refractivity contribution is -0.121. The van der Waals surface area contributed by atoms with Crippen molar-refractivity contribution in [2.75, 3.05) is 0 Å². The Morgan fingerprint density at radius 1 is 1.33 bits per heavy atom. The molecule has 0 aliphatic heterocycles. The summed E-state index contributed by atoms with van der Waals surface area (Å²) in [4.78, 5) is 16.3. The highest BCUT2D eigenvalue weighted by Gasteiger charge is 2.23. The van der Waals surface area contributed by atoms with Crippen LogP contribution in [-0.4, -0.2) is 21.5 Å². The molecule has 1 fully saturated rings. The average molecular weight is 347 g/mol. The molecular formula is C14H14Cl3N3O. The van der Waals surface area contributed by atoms with E-state index < -0.39 is 0 Å². The first-order valence-corrected chi connectivity index (χ1v) is 8.07. The van der Waals surface area contributed by atoms with Crippen molar-refractivity contribution >= 4 is 51.7 Å². The van der Waals surface area contributed by atoms with E-state index in [0.717, 1.165) is 23.9 Å². The van der Waals surface area contributed by atoms with Crippen LogP contribution < -0.4 is 5.32 Å². The smallest absolute Gasteiger partial charge is 0.222 e. The van der Waals surface area contributed by atoms with Gasteiger partial charge in [0.05, 0.1) is 27.0 Å². The van der Waals surface area contributed by atoms with E-state index in [9.17, 15) is 4.79 Å². The number of aromatic nitrogens is 2. The minimum atomic E-state index is 0.0555. The van der Waals surface area contributed by atoms with Crippen LogP contribution in [0.25, 0.3) is 11.0 Å². The number of aryl methyl sites for hydroxylation is 1. The number of hydrogen-bond acceptors (Lipinski definition) is 2. The average Bonchev–Trinajstić information content (AvgIpc) is 3.19. The summed E-state index contributed by atoms with van der Waals surface area (Å²) in [5.74, 6) is 1.04. The summed E-state index contributed by atoms with van der Waals surface area (Å²) in [5, 5.41) is 3.90. The van der Waals surface area contributed by atoms with Crippen LogP contribution in [0.1, 0.15) is 25.1 Å². The van der Waals surface area contributed by atoms with Crippen molar-refractivity contribution in [2.24, 2.45) is 0 Å². The fraction of sp³-hybridized carbons (Fsp3) is 0.429. The van der Waals surface area contributed by atoms with Gasteiger partial charge in [-0.05, 0) is 25.0 Å². The molecule has 2 aromatic rings. The van der Waals surface area contributed by atoms with Crippen molar-refractivity contribution in [2.45, 2.75) is 37.7 Å². The molecule has 1 aliphatic carbocycles. The number of amides is 1. The molecule has 1 amide bonds. The third-order valence-electron chi connectivity index (χ3n) is 3.49. The molecule has 1 saturated carbocycles. The summed E-state index contributed by atoms with van der Waals surface area (Å²) < 4.78 is 1.93. The van der Waals surface area contributed by atoms with Gasteiger partial charge in [0.2, 0.25) is 5.91 Å². The van der Waals surface area contributed by atoms with Crippen LogP contribution in [0.5, 0.6) is 0 Å². The van der Waals surface area contributed by atoms with E-state index in [4.69, 9.17) is 34.8 Å². The van der Waals surface area contributed by atoms with Crippen LogP contribution in [0.15, 0.2) is 12.1 Å². The van der Waals surface area contributed by atoms with Gasteiger partial charge in [-0.25, -0.2) is 4.98 Å². The summed E-state index contributed by atoms with van der Waals surface area (Å²) in [6.45, 7) is 0.523. The van der Waals surface area contributed by atoms with Crippen molar-refractivity contribution in [3.63, 3.8) is 0 Å². The first-order chi connectivity index (χ1) is 10.1. The fourth-order valence-corrected chi connectivity index (χ4v) is 2.78. The Morgan fingerprint density at radius 3 is 2.71 bits per heavy atom. The summed E-state index contributed by atoms with van der Waals surface area (Å²) >= 11 is 18.0.